The number of ether oxygens (including phenoxy) is 1. The first-order chi connectivity index (χ1) is 18.7. The third-order valence-electron chi connectivity index (χ3n) is 5.39. The van der Waals surface area contributed by atoms with Crippen LogP contribution in [0.5, 0.6) is 5.75 Å². The van der Waals surface area contributed by atoms with Gasteiger partial charge in [0.1, 0.15) is 11.6 Å². The molecule has 4 aromatic rings. The van der Waals surface area contributed by atoms with Crippen molar-refractivity contribution in [1.29, 1.82) is 0 Å². The van der Waals surface area contributed by atoms with Crippen molar-refractivity contribution in [2.75, 3.05) is 18.2 Å². The Morgan fingerprint density at radius 1 is 0.974 bits per heavy atom. The van der Waals surface area contributed by atoms with E-state index in [1.165, 1.54) is 42.0 Å². The number of thioether (sulfide) groups is 1. The number of nitrogens with zero attached hydrogens (tertiary/aromatic N) is 3. The molecule has 0 saturated heterocycles. The molecule has 4 rings (SSSR count). The second kappa shape index (κ2) is 12.0. The highest BCUT2D eigenvalue weighted by Gasteiger charge is 2.30. The summed E-state index contributed by atoms with van der Waals surface area (Å²) < 4.78 is 59.7. The standard InChI is InChI=1S/C26H21F4N5O3S/c1-38-19-12-6-16(7-13-19)24(37)31-14-22-33-34-25(35(22)18-10-8-17(9-11-18)26(28,29)30)39-15-23(36)32-21-5-3-2-4-20(21)27/h2-13H,14-15H2,1H3,(H,31,37)(H,32,36). The number of alkyl halides is 3. The zero-order chi connectivity index (χ0) is 28.0. The van der Waals surface area contributed by atoms with Crippen LogP contribution in [0.3, 0.4) is 0 Å². The van der Waals surface area contributed by atoms with E-state index in [9.17, 15) is 27.2 Å². The first-order valence-electron chi connectivity index (χ1n) is 11.4. The molecule has 8 nitrogen and oxygen atoms in total. The minimum atomic E-state index is -4.52. The summed E-state index contributed by atoms with van der Waals surface area (Å²) >= 11 is 0.946. The van der Waals surface area contributed by atoms with Crippen LogP contribution in [0.25, 0.3) is 5.69 Å². The van der Waals surface area contributed by atoms with Gasteiger partial charge < -0.3 is 15.4 Å². The van der Waals surface area contributed by atoms with Gasteiger partial charge in [-0.25, -0.2) is 4.39 Å². The van der Waals surface area contributed by atoms with E-state index in [0.29, 0.717) is 17.0 Å². The van der Waals surface area contributed by atoms with Gasteiger partial charge in [-0.2, -0.15) is 13.2 Å². The lowest BCUT2D eigenvalue weighted by molar-refractivity contribution is -0.137. The highest BCUT2D eigenvalue weighted by atomic mass is 32.2. The van der Waals surface area contributed by atoms with Crippen LogP contribution < -0.4 is 15.4 Å². The van der Waals surface area contributed by atoms with E-state index in [1.807, 2.05) is 0 Å². The summed E-state index contributed by atoms with van der Waals surface area (Å²) in [7, 11) is 1.50. The van der Waals surface area contributed by atoms with Gasteiger partial charge in [0.25, 0.3) is 5.91 Å². The Balaban J connectivity index is 1.54. The van der Waals surface area contributed by atoms with Crippen LogP contribution in [0, 0.1) is 5.82 Å². The quantitative estimate of drug-likeness (QED) is 0.219. The second-order valence-corrected chi connectivity index (χ2v) is 8.95. The predicted octanol–water partition coefficient (Wildman–Crippen LogP) is 5.09. The maximum Gasteiger partial charge on any atom is 0.416 e. The number of para-hydroxylation sites is 1. The molecular weight excluding hydrogens is 538 g/mol. The van der Waals surface area contributed by atoms with Gasteiger partial charge in [-0.3, -0.25) is 14.2 Å². The number of rotatable bonds is 9. The number of aromatic nitrogens is 3. The monoisotopic (exact) mass is 559 g/mol. The molecule has 3 aromatic carbocycles. The van der Waals surface area contributed by atoms with Gasteiger partial charge in [-0.15, -0.1) is 10.2 Å². The fraction of sp³-hybridized carbons (Fsp3) is 0.154. The minimum absolute atomic E-state index is 0.00856. The van der Waals surface area contributed by atoms with Crippen molar-refractivity contribution in [2.24, 2.45) is 0 Å². The molecule has 13 heteroatoms. The van der Waals surface area contributed by atoms with Crippen LogP contribution in [0.15, 0.2) is 78.0 Å². The predicted molar refractivity (Wildman–Crippen MR) is 136 cm³/mol. The Labute approximate surface area is 224 Å². The maximum atomic E-state index is 13.9. The van der Waals surface area contributed by atoms with Crippen LogP contribution >= 0.6 is 11.8 Å². The van der Waals surface area contributed by atoms with Crippen LogP contribution in [0.2, 0.25) is 0 Å². The lowest BCUT2D eigenvalue weighted by Crippen LogP contribution is -2.24. The average Bonchev–Trinajstić information content (AvgIpc) is 3.34. The number of anilines is 1. The van der Waals surface area contributed by atoms with Crippen molar-refractivity contribution >= 4 is 29.3 Å². The van der Waals surface area contributed by atoms with Crippen molar-refractivity contribution in [3.63, 3.8) is 0 Å². The minimum Gasteiger partial charge on any atom is -0.497 e. The Morgan fingerprint density at radius 3 is 2.31 bits per heavy atom. The number of hydrogen-bond acceptors (Lipinski definition) is 6. The third-order valence-corrected chi connectivity index (χ3v) is 6.32. The van der Waals surface area contributed by atoms with Gasteiger partial charge in [0.2, 0.25) is 5.91 Å². The van der Waals surface area contributed by atoms with Crippen LogP contribution in [-0.4, -0.2) is 39.4 Å². The van der Waals surface area contributed by atoms with Crippen molar-refractivity contribution in [3.8, 4) is 11.4 Å². The zero-order valence-electron chi connectivity index (χ0n) is 20.3. The van der Waals surface area contributed by atoms with Gasteiger partial charge in [0.15, 0.2) is 11.0 Å². The number of amides is 2. The molecule has 202 valence electrons. The van der Waals surface area contributed by atoms with Gasteiger partial charge >= 0.3 is 6.18 Å². The van der Waals surface area contributed by atoms with Gasteiger partial charge in [-0.05, 0) is 60.7 Å². The van der Waals surface area contributed by atoms with E-state index in [1.54, 1.807) is 30.3 Å². The molecule has 0 atom stereocenters. The number of halogens is 4. The lowest BCUT2D eigenvalue weighted by Gasteiger charge is -2.13. The highest BCUT2D eigenvalue weighted by molar-refractivity contribution is 7.99. The summed E-state index contributed by atoms with van der Waals surface area (Å²) in [6, 6.07) is 16.4. The molecule has 2 amide bonds. The van der Waals surface area contributed by atoms with Crippen molar-refractivity contribution < 1.29 is 31.9 Å². The summed E-state index contributed by atoms with van der Waals surface area (Å²) in [5.41, 5.74) is -0.184. The largest absolute Gasteiger partial charge is 0.497 e. The summed E-state index contributed by atoms with van der Waals surface area (Å²) in [5, 5.41) is 13.5. The fourth-order valence-corrected chi connectivity index (χ4v) is 4.22. The summed E-state index contributed by atoms with van der Waals surface area (Å²) in [6.07, 6.45) is -4.52. The SMILES string of the molecule is COc1ccc(C(=O)NCc2nnc(SCC(=O)Nc3ccccc3F)n2-c2ccc(C(F)(F)F)cc2)cc1. The first kappa shape index (κ1) is 27.6. The van der Waals surface area contributed by atoms with Crippen molar-refractivity contribution in [3.05, 3.63) is 95.6 Å². The number of methoxy groups -OCH3 is 1. The van der Waals surface area contributed by atoms with Crippen LogP contribution in [0.1, 0.15) is 21.7 Å². The highest BCUT2D eigenvalue weighted by Crippen LogP contribution is 2.31. The smallest absolute Gasteiger partial charge is 0.416 e. The Kier molecular flexibility index (Phi) is 8.49. The van der Waals surface area contributed by atoms with Gasteiger partial charge in [0, 0.05) is 11.3 Å². The molecule has 0 unspecified atom stereocenters. The molecule has 2 N–H and O–H groups in total. The van der Waals surface area contributed by atoms with Crippen LogP contribution in [-0.2, 0) is 17.5 Å². The van der Waals surface area contributed by atoms with E-state index in [-0.39, 0.29) is 29.0 Å². The molecular formula is C26H21F4N5O3S. The number of carbonyl (C=O) groups excluding carboxylic acids is 2. The van der Waals surface area contributed by atoms with Crippen molar-refractivity contribution in [2.45, 2.75) is 17.9 Å². The number of carbonyl (C=O) groups is 2. The van der Waals surface area contributed by atoms with E-state index in [2.05, 4.69) is 20.8 Å². The third kappa shape index (κ3) is 6.93. The maximum absolute atomic E-state index is 13.9. The molecule has 0 fully saturated rings. The van der Waals surface area contributed by atoms with E-state index in [0.717, 1.165) is 23.9 Å². The van der Waals surface area contributed by atoms with Crippen molar-refractivity contribution in [1.82, 2.24) is 20.1 Å². The molecule has 0 aliphatic rings. The molecule has 0 radical (unpaired) electrons. The van der Waals surface area contributed by atoms with Gasteiger partial charge in [0.05, 0.1) is 30.7 Å². The lowest BCUT2D eigenvalue weighted by atomic mass is 10.2. The Bertz CT molecular complexity index is 1460. The molecule has 1 heterocycles. The summed E-state index contributed by atoms with van der Waals surface area (Å²) in [4.78, 5) is 25.0. The summed E-state index contributed by atoms with van der Waals surface area (Å²) in [6.45, 7) is -0.110. The fourth-order valence-electron chi connectivity index (χ4n) is 3.45. The number of benzene rings is 3. The van der Waals surface area contributed by atoms with Gasteiger partial charge in [-0.1, -0.05) is 23.9 Å². The second-order valence-electron chi connectivity index (χ2n) is 8.01. The molecule has 0 bridgehead atoms. The molecule has 39 heavy (non-hydrogen) atoms. The number of hydrogen-bond donors (Lipinski definition) is 2. The zero-order valence-corrected chi connectivity index (χ0v) is 21.1. The van der Waals surface area contributed by atoms with E-state index in [4.69, 9.17) is 4.74 Å². The molecule has 0 spiro atoms. The average molecular weight is 560 g/mol. The summed E-state index contributed by atoms with van der Waals surface area (Å²) in [5.74, 6) is -0.938. The van der Waals surface area contributed by atoms with E-state index < -0.39 is 29.4 Å². The Morgan fingerprint density at radius 2 is 1.67 bits per heavy atom. The normalized spacial score (nSPS) is 11.2. The Hall–Kier alpha value is -4.39. The molecule has 0 aliphatic carbocycles. The molecule has 0 saturated carbocycles. The molecule has 1 aromatic heterocycles. The number of nitrogens with one attached hydrogen (secondary N) is 2. The van der Waals surface area contributed by atoms with E-state index >= 15 is 0 Å². The van der Waals surface area contributed by atoms with Crippen LogP contribution in [0.4, 0.5) is 23.2 Å². The molecule has 0 aliphatic heterocycles. The first-order valence-corrected chi connectivity index (χ1v) is 12.4. The topological polar surface area (TPSA) is 98.1 Å².